The number of thiophene rings is 1. The normalized spacial score (nSPS) is 11.5. The molecule has 20 heavy (non-hydrogen) atoms. The topological polar surface area (TPSA) is 83.8 Å². The van der Waals surface area contributed by atoms with Gasteiger partial charge >= 0.3 is 13.6 Å². The summed E-state index contributed by atoms with van der Waals surface area (Å²) in [5, 5.41) is 0.770. The Labute approximate surface area is 119 Å². The third-order valence-corrected chi connectivity index (χ3v) is 4.38. The van der Waals surface area contributed by atoms with Crippen molar-refractivity contribution in [2.24, 2.45) is 0 Å². The molecule has 1 aromatic heterocycles. The van der Waals surface area contributed by atoms with Crippen molar-refractivity contribution < 1.29 is 23.9 Å². The zero-order valence-electron chi connectivity index (χ0n) is 10.5. The average Bonchev–Trinajstić information content (AvgIpc) is 2.77. The Bertz CT molecular complexity index is 700. The van der Waals surface area contributed by atoms with Crippen LogP contribution in [0.4, 0.5) is 0 Å². The molecule has 1 aromatic carbocycles. The van der Waals surface area contributed by atoms with Crippen LogP contribution in [0.1, 0.15) is 15.2 Å². The molecule has 1 heterocycles. The molecule has 0 saturated heterocycles. The molecule has 0 amide bonds. The lowest BCUT2D eigenvalue weighted by Crippen LogP contribution is -2.02. The summed E-state index contributed by atoms with van der Waals surface area (Å²) in [5.41, 5.74) is 0.537. The number of rotatable bonds is 5. The second-order valence-electron chi connectivity index (χ2n) is 4.19. The monoisotopic (exact) mass is 312 g/mol. The molecule has 0 aliphatic rings. The molecule has 0 atom stereocenters. The van der Waals surface area contributed by atoms with Gasteiger partial charge in [0.25, 0.3) is 0 Å². The van der Waals surface area contributed by atoms with Crippen molar-refractivity contribution in [2.45, 2.75) is 6.16 Å². The van der Waals surface area contributed by atoms with Crippen molar-refractivity contribution in [2.75, 3.05) is 6.61 Å². The smallest absolute Gasteiger partial charge is 0.348 e. The number of esters is 1. The van der Waals surface area contributed by atoms with E-state index in [-0.39, 0.29) is 12.8 Å². The summed E-state index contributed by atoms with van der Waals surface area (Å²) in [6, 6.07) is 6.73. The van der Waals surface area contributed by atoms with Crippen molar-refractivity contribution in [3.8, 4) is 0 Å². The van der Waals surface area contributed by atoms with Crippen molar-refractivity contribution in [1.29, 1.82) is 0 Å². The van der Waals surface area contributed by atoms with Crippen LogP contribution in [0, 0.1) is 0 Å². The third kappa shape index (κ3) is 3.77. The first-order chi connectivity index (χ1) is 9.39. The van der Waals surface area contributed by atoms with Gasteiger partial charge in [-0.25, -0.2) is 4.79 Å². The van der Waals surface area contributed by atoms with E-state index >= 15 is 0 Å². The first kappa shape index (κ1) is 14.9. The van der Waals surface area contributed by atoms with Crippen LogP contribution in [0.5, 0.6) is 0 Å². The Morgan fingerprint density at radius 3 is 2.80 bits per heavy atom. The van der Waals surface area contributed by atoms with E-state index in [0.717, 1.165) is 10.1 Å². The SMILES string of the molecule is C=CCOC(=O)c1cc2cc(CP(=O)(O)O)ccc2s1. The van der Waals surface area contributed by atoms with Gasteiger partial charge in [-0.05, 0) is 29.1 Å². The van der Waals surface area contributed by atoms with Crippen LogP contribution >= 0.6 is 18.9 Å². The maximum atomic E-state index is 11.7. The van der Waals surface area contributed by atoms with Gasteiger partial charge in [-0.2, -0.15) is 0 Å². The van der Waals surface area contributed by atoms with Crippen molar-refractivity contribution >= 4 is 35.0 Å². The molecule has 2 aromatic rings. The molecule has 2 rings (SSSR count). The highest BCUT2D eigenvalue weighted by Crippen LogP contribution is 2.40. The lowest BCUT2D eigenvalue weighted by molar-refractivity contribution is 0.0555. The van der Waals surface area contributed by atoms with E-state index in [0.29, 0.717) is 10.4 Å². The van der Waals surface area contributed by atoms with Gasteiger partial charge in [0.05, 0.1) is 6.16 Å². The van der Waals surface area contributed by atoms with Crippen molar-refractivity contribution in [1.82, 2.24) is 0 Å². The first-order valence-corrected chi connectivity index (χ1v) is 8.35. The van der Waals surface area contributed by atoms with Gasteiger partial charge < -0.3 is 14.5 Å². The molecule has 0 unspecified atom stereocenters. The number of fused-ring (bicyclic) bond motifs is 1. The Hall–Kier alpha value is -1.46. The lowest BCUT2D eigenvalue weighted by Gasteiger charge is -2.03. The maximum absolute atomic E-state index is 11.7. The van der Waals surface area contributed by atoms with Crippen LogP contribution in [0.3, 0.4) is 0 Å². The van der Waals surface area contributed by atoms with Crippen LogP contribution < -0.4 is 0 Å². The Balaban J connectivity index is 2.28. The van der Waals surface area contributed by atoms with E-state index in [4.69, 9.17) is 14.5 Å². The maximum Gasteiger partial charge on any atom is 0.348 e. The highest BCUT2D eigenvalue weighted by Gasteiger charge is 2.16. The van der Waals surface area contributed by atoms with Crippen LogP contribution in [-0.4, -0.2) is 22.4 Å². The number of hydrogen-bond donors (Lipinski definition) is 2. The molecular formula is C13H13O5PS. The summed E-state index contributed by atoms with van der Waals surface area (Å²) >= 11 is 1.28. The first-order valence-electron chi connectivity index (χ1n) is 5.74. The third-order valence-electron chi connectivity index (χ3n) is 2.50. The van der Waals surface area contributed by atoms with Gasteiger partial charge in [0, 0.05) is 4.70 Å². The molecule has 106 valence electrons. The molecule has 2 N–H and O–H groups in total. The van der Waals surface area contributed by atoms with E-state index in [1.807, 2.05) is 0 Å². The molecule has 0 aliphatic heterocycles. The Morgan fingerprint density at radius 1 is 1.40 bits per heavy atom. The van der Waals surface area contributed by atoms with Crippen molar-refractivity contribution in [3.63, 3.8) is 0 Å². The van der Waals surface area contributed by atoms with E-state index in [9.17, 15) is 9.36 Å². The summed E-state index contributed by atoms with van der Waals surface area (Å²) in [6.45, 7) is 3.62. The minimum Gasteiger partial charge on any atom is -0.457 e. The fourth-order valence-corrected chi connectivity index (χ4v) is 3.34. The van der Waals surface area contributed by atoms with Gasteiger partial charge in [0.2, 0.25) is 0 Å². The Kier molecular flexibility index (Phi) is 4.40. The number of carbonyl (C=O) groups excluding carboxylic acids is 1. The molecule has 0 spiro atoms. The fourth-order valence-electron chi connectivity index (χ4n) is 1.74. The van der Waals surface area contributed by atoms with Crippen LogP contribution in [0.25, 0.3) is 10.1 Å². The lowest BCUT2D eigenvalue weighted by atomic mass is 10.2. The standard InChI is InChI=1S/C13H13O5PS/c1-2-5-18-13(14)12-7-10-6-9(8-19(15,16)17)3-4-11(10)20-12/h2-4,6-7H,1,5,8H2,(H2,15,16,17). The van der Waals surface area contributed by atoms with E-state index in [1.54, 1.807) is 24.3 Å². The number of carbonyl (C=O) groups is 1. The minimum atomic E-state index is -4.09. The molecule has 0 saturated carbocycles. The van der Waals surface area contributed by atoms with Crippen LogP contribution in [-0.2, 0) is 15.5 Å². The number of hydrogen-bond acceptors (Lipinski definition) is 4. The minimum absolute atomic E-state index is 0.149. The zero-order chi connectivity index (χ0) is 14.8. The predicted octanol–water partition coefficient (Wildman–Crippen LogP) is 2.92. The van der Waals surface area contributed by atoms with E-state index < -0.39 is 13.6 Å². The summed E-state index contributed by atoms with van der Waals surface area (Å²) in [6.07, 6.45) is 1.18. The molecular weight excluding hydrogens is 299 g/mol. The molecule has 0 aliphatic carbocycles. The highest BCUT2D eigenvalue weighted by molar-refractivity contribution is 7.50. The van der Waals surface area contributed by atoms with Gasteiger partial charge in [0.15, 0.2) is 0 Å². The molecule has 0 bridgehead atoms. The summed E-state index contributed by atoms with van der Waals surface area (Å²) in [4.78, 5) is 30.1. The molecule has 0 fully saturated rings. The number of ether oxygens (including phenoxy) is 1. The molecule has 5 nitrogen and oxygen atoms in total. The van der Waals surface area contributed by atoms with Crippen LogP contribution in [0.15, 0.2) is 36.9 Å². The molecule has 7 heteroatoms. The second kappa shape index (κ2) is 5.89. The van der Waals surface area contributed by atoms with Crippen LogP contribution in [0.2, 0.25) is 0 Å². The average molecular weight is 312 g/mol. The highest BCUT2D eigenvalue weighted by atomic mass is 32.1. The van der Waals surface area contributed by atoms with E-state index in [2.05, 4.69) is 6.58 Å². The zero-order valence-corrected chi connectivity index (χ0v) is 12.2. The van der Waals surface area contributed by atoms with Gasteiger partial charge in [-0.1, -0.05) is 18.7 Å². The van der Waals surface area contributed by atoms with Gasteiger partial charge in [-0.3, -0.25) is 4.57 Å². The summed E-state index contributed by atoms with van der Waals surface area (Å²) in [5.74, 6) is -0.428. The quantitative estimate of drug-likeness (QED) is 0.504. The summed E-state index contributed by atoms with van der Waals surface area (Å²) in [7, 11) is -4.09. The Morgan fingerprint density at radius 2 is 2.15 bits per heavy atom. The van der Waals surface area contributed by atoms with Gasteiger partial charge in [0.1, 0.15) is 11.5 Å². The predicted molar refractivity (Wildman–Crippen MR) is 78.1 cm³/mol. The van der Waals surface area contributed by atoms with Gasteiger partial charge in [-0.15, -0.1) is 11.3 Å². The number of benzene rings is 1. The second-order valence-corrected chi connectivity index (χ2v) is 6.92. The van der Waals surface area contributed by atoms with E-state index in [1.165, 1.54) is 17.4 Å². The fraction of sp³-hybridized carbons (Fsp3) is 0.154. The van der Waals surface area contributed by atoms with Crippen molar-refractivity contribution in [3.05, 3.63) is 47.4 Å². The largest absolute Gasteiger partial charge is 0.457 e. The summed E-state index contributed by atoms with van der Waals surface area (Å²) < 4.78 is 16.8. The molecule has 0 radical (unpaired) electrons.